The molecule has 1 fully saturated rings. The van der Waals surface area contributed by atoms with Crippen LogP contribution in [0.1, 0.15) is 35.3 Å². The summed E-state index contributed by atoms with van der Waals surface area (Å²) in [5, 5.41) is 2.08. The first-order chi connectivity index (χ1) is 22.4. The number of piperazine rings is 1. The van der Waals surface area contributed by atoms with Crippen molar-refractivity contribution in [1.29, 1.82) is 0 Å². The monoisotopic (exact) mass is 699 g/mol. The van der Waals surface area contributed by atoms with E-state index in [1.54, 1.807) is 32.2 Å². The van der Waals surface area contributed by atoms with Crippen LogP contribution in [0.3, 0.4) is 0 Å². The molecular weight excluding hydrogens is 671 g/mol. The van der Waals surface area contributed by atoms with Gasteiger partial charge >= 0.3 is 11.9 Å². The zero-order valence-electron chi connectivity index (χ0n) is 25.4. The first-order valence-electron chi connectivity index (χ1n) is 15.0. The largest absolute Gasteiger partial charge is 0.417 e. The van der Waals surface area contributed by atoms with E-state index < -0.39 is 23.5 Å². The molecule has 244 valence electrons. The van der Waals surface area contributed by atoms with Gasteiger partial charge in [0, 0.05) is 75.7 Å². The SMILES string of the molecule is C=CC(=O)N1[C@H](C)CN(c2nc(=O)n3c4c(c(-c5cc(Cl)cs5)c(C(F)(F)F)cc24)SC[C@@H](N2Cc4ccccc4C2=O)C3)C[C@@H]1C. The van der Waals surface area contributed by atoms with Crippen molar-refractivity contribution in [3.63, 3.8) is 0 Å². The molecule has 3 aliphatic rings. The highest BCUT2D eigenvalue weighted by atomic mass is 35.5. The molecule has 0 bridgehead atoms. The Balaban J connectivity index is 1.43. The number of alkyl halides is 3. The van der Waals surface area contributed by atoms with Crippen molar-refractivity contribution in [2.75, 3.05) is 23.7 Å². The van der Waals surface area contributed by atoms with Crippen LogP contribution in [0.15, 0.2) is 64.1 Å². The van der Waals surface area contributed by atoms with Gasteiger partial charge in [0.05, 0.1) is 22.1 Å². The van der Waals surface area contributed by atoms with Crippen molar-refractivity contribution >= 4 is 63.2 Å². The van der Waals surface area contributed by atoms with Crippen LogP contribution in [0, 0.1) is 0 Å². The molecule has 7 rings (SSSR count). The number of hydrogen-bond acceptors (Lipinski definition) is 7. The number of amides is 2. The number of halogens is 4. The van der Waals surface area contributed by atoms with Crippen molar-refractivity contribution in [3.05, 3.63) is 86.6 Å². The van der Waals surface area contributed by atoms with Gasteiger partial charge < -0.3 is 14.7 Å². The average Bonchev–Trinajstić information content (AvgIpc) is 3.53. The fraction of sp³-hybridized carbons (Fsp3) is 0.333. The lowest BCUT2D eigenvalue weighted by atomic mass is 10.0. The van der Waals surface area contributed by atoms with Crippen molar-refractivity contribution < 1.29 is 22.8 Å². The lowest BCUT2D eigenvalue weighted by molar-refractivity contribution is -0.137. The fourth-order valence-corrected chi connectivity index (χ4v) is 9.67. The highest BCUT2D eigenvalue weighted by molar-refractivity contribution is 7.99. The maximum absolute atomic E-state index is 15.0. The van der Waals surface area contributed by atoms with E-state index >= 15 is 13.2 Å². The summed E-state index contributed by atoms with van der Waals surface area (Å²) in [5.74, 6) is -0.0282. The van der Waals surface area contributed by atoms with E-state index in [-0.39, 0.29) is 66.1 Å². The number of thioether (sulfide) groups is 1. The van der Waals surface area contributed by atoms with E-state index in [1.165, 1.54) is 28.5 Å². The molecule has 0 aliphatic carbocycles. The van der Waals surface area contributed by atoms with Crippen LogP contribution >= 0.6 is 34.7 Å². The summed E-state index contributed by atoms with van der Waals surface area (Å²) in [6.45, 7) is 8.20. The summed E-state index contributed by atoms with van der Waals surface area (Å²) >= 11 is 8.54. The number of fused-ring (bicyclic) bond motifs is 1. The first kappa shape index (κ1) is 31.8. The average molecular weight is 700 g/mol. The number of aromatic nitrogens is 2. The molecule has 0 N–H and O–H groups in total. The van der Waals surface area contributed by atoms with E-state index in [9.17, 15) is 14.4 Å². The Kier molecular flexibility index (Phi) is 7.91. The van der Waals surface area contributed by atoms with Crippen LogP contribution in [0.25, 0.3) is 21.3 Å². The van der Waals surface area contributed by atoms with Gasteiger partial charge in [0.15, 0.2) is 0 Å². The molecule has 3 aliphatic heterocycles. The van der Waals surface area contributed by atoms with Gasteiger partial charge in [-0.15, -0.1) is 23.1 Å². The normalized spacial score (nSPS) is 21.3. The number of nitrogens with zero attached hydrogens (tertiary/aromatic N) is 5. The number of carbonyl (C=O) groups is 2. The number of rotatable bonds is 4. The Labute approximate surface area is 281 Å². The van der Waals surface area contributed by atoms with Crippen molar-refractivity contribution in [3.8, 4) is 10.4 Å². The molecule has 2 aromatic carbocycles. The molecular formula is C33H29ClF3N5O3S2. The third kappa shape index (κ3) is 5.32. The minimum Gasteiger partial charge on any atom is -0.352 e. The topological polar surface area (TPSA) is 78.8 Å². The summed E-state index contributed by atoms with van der Waals surface area (Å²) < 4.78 is 46.5. The molecule has 0 unspecified atom stereocenters. The van der Waals surface area contributed by atoms with Crippen LogP contribution in [0.5, 0.6) is 0 Å². The molecule has 4 aromatic rings. The van der Waals surface area contributed by atoms with E-state index in [0.717, 1.165) is 23.0 Å². The van der Waals surface area contributed by atoms with Gasteiger partial charge in [-0.25, -0.2) is 4.79 Å². The summed E-state index contributed by atoms with van der Waals surface area (Å²) in [4.78, 5) is 50.4. The van der Waals surface area contributed by atoms with E-state index in [1.807, 2.05) is 26.0 Å². The molecule has 1 saturated heterocycles. The third-order valence-corrected chi connectivity index (χ3v) is 11.6. The predicted octanol–water partition coefficient (Wildman–Crippen LogP) is 6.54. The smallest absolute Gasteiger partial charge is 0.352 e. The Hall–Kier alpha value is -3.81. The fourth-order valence-electron chi connectivity index (χ4n) is 7.10. The Bertz CT molecular complexity index is 2020. The van der Waals surface area contributed by atoms with E-state index in [2.05, 4.69) is 11.6 Å². The van der Waals surface area contributed by atoms with Crippen molar-refractivity contribution in [1.82, 2.24) is 19.4 Å². The van der Waals surface area contributed by atoms with Crippen LogP contribution in [0.4, 0.5) is 19.0 Å². The predicted molar refractivity (Wildman–Crippen MR) is 178 cm³/mol. The molecule has 8 nitrogen and oxygen atoms in total. The molecule has 2 aromatic heterocycles. The summed E-state index contributed by atoms with van der Waals surface area (Å²) in [6, 6.07) is 8.74. The quantitative estimate of drug-likeness (QED) is 0.225. The summed E-state index contributed by atoms with van der Waals surface area (Å²) in [6.07, 6.45) is -3.51. The summed E-state index contributed by atoms with van der Waals surface area (Å²) in [7, 11) is 0. The Morgan fingerprint density at radius 2 is 1.83 bits per heavy atom. The van der Waals surface area contributed by atoms with Crippen LogP contribution < -0.4 is 10.6 Å². The molecule has 2 amide bonds. The van der Waals surface area contributed by atoms with Crippen molar-refractivity contribution in [2.24, 2.45) is 0 Å². The Morgan fingerprint density at radius 1 is 1.11 bits per heavy atom. The Morgan fingerprint density at radius 3 is 2.47 bits per heavy atom. The first-order valence-corrected chi connectivity index (χ1v) is 17.3. The lowest BCUT2D eigenvalue weighted by Gasteiger charge is -2.44. The number of hydrogen-bond donors (Lipinski definition) is 0. The van der Waals surface area contributed by atoms with Gasteiger partial charge in [-0.3, -0.25) is 14.2 Å². The number of benzene rings is 2. The van der Waals surface area contributed by atoms with Crippen molar-refractivity contribution in [2.45, 2.75) is 56.1 Å². The molecule has 5 heterocycles. The molecule has 0 spiro atoms. The van der Waals surface area contributed by atoms with E-state index in [4.69, 9.17) is 11.6 Å². The lowest BCUT2D eigenvalue weighted by Crippen LogP contribution is -2.58. The second-order valence-electron chi connectivity index (χ2n) is 12.1. The maximum Gasteiger partial charge on any atom is 0.417 e. The van der Waals surface area contributed by atoms with Crippen LogP contribution in [-0.2, 0) is 24.1 Å². The molecule has 0 radical (unpaired) electrons. The minimum absolute atomic E-state index is 0.0444. The number of carbonyl (C=O) groups excluding carboxylic acids is 2. The maximum atomic E-state index is 15.0. The van der Waals surface area contributed by atoms with Gasteiger partial charge in [0.2, 0.25) is 5.91 Å². The molecule has 47 heavy (non-hydrogen) atoms. The number of anilines is 1. The molecule has 3 atom stereocenters. The summed E-state index contributed by atoms with van der Waals surface area (Å²) in [5.41, 5.74) is 0.261. The van der Waals surface area contributed by atoms with Crippen LogP contribution in [0.2, 0.25) is 5.02 Å². The molecule has 14 heteroatoms. The van der Waals surface area contributed by atoms with Gasteiger partial charge in [-0.2, -0.15) is 18.2 Å². The van der Waals surface area contributed by atoms with Gasteiger partial charge in [0.1, 0.15) is 5.82 Å². The third-order valence-electron chi connectivity index (χ3n) is 9.07. The zero-order chi connectivity index (χ0) is 33.4. The molecule has 0 saturated carbocycles. The highest BCUT2D eigenvalue weighted by Gasteiger charge is 2.41. The second-order valence-corrected chi connectivity index (χ2v) is 14.5. The van der Waals surface area contributed by atoms with Gasteiger partial charge in [-0.1, -0.05) is 36.4 Å². The zero-order valence-corrected chi connectivity index (χ0v) is 27.8. The van der Waals surface area contributed by atoms with Gasteiger partial charge in [0.25, 0.3) is 5.91 Å². The minimum atomic E-state index is -4.75. The highest BCUT2D eigenvalue weighted by Crippen LogP contribution is 2.50. The standard InChI is InChI=1S/C33H29ClF3N5O3S2/c1-4-26(43)42-17(2)11-39(12-18(42)3)30-23-10-24(33(35,36)37)27(25-9-20(34)15-46-25)29-28(23)41(32(45)38-30)14-21(16-47-29)40-13-19-7-5-6-8-22(19)31(40)44/h4-10,15,17-18,21H,1,11-14,16H2,2-3H3/t17-,18+,21-/m0/s1. The van der Waals surface area contributed by atoms with Crippen LogP contribution in [-0.4, -0.2) is 68.1 Å². The number of thiophene rings is 1. The van der Waals surface area contributed by atoms with Gasteiger partial charge in [-0.05, 0) is 43.7 Å². The van der Waals surface area contributed by atoms with E-state index in [0.29, 0.717) is 32.4 Å². The second kappa shape index (κ2) is 11.7.